The summed E-state index contributed by atoms with van der Waals surface area (Å²) in [7, 11) is 0. The molecule has 3 rings (SSSR count). The Morgan fingerprint density at radius 2 is 1.96 bits per heavy atom. The van der Waals surface area contributed by atoms with Gasteiger partial charge >= 0.3 is 0 Å². The Hall–Kier alpha value is -2.15. The molecule has 142 valence electrons. The van der Waals surface area contributed by atoms with Crippen LogP contribution in [0.15, 0.2) is 18.3 Å². The number of nitrogens with one attached hydrogen (secondary N) is 1. The van der Waals surface area contributed by atoms with Crippen LogP contribution in [0.2, 0.25) is 10.3 Å². The predicted molar refractivity (Wildman–Crippen MR) is 101 cm³/mol. The van der Waals surface area contributed by atoms with Gasteiger partial charge in [0, 0.05) is 24.3 Å². The number of hydrogen-bond acceptors (Lipinski definition) is 8. The first-order valence-electron chi connectivity index (χ1n) is 8.09. The van der Waals surface area contributed by atoms with Crippen LogP contribution in [0.25, 0.3) is 0 Å². The smallest absolute Gasteiger partial charge is 0.223 e. The molecular weight excluding hydrogens is 393 g/mol. The lowest BCUT2D eigenvalue weighted by molar-refractivity contribution is 0.00445. The number of aliphatic hydroxyl groups is 3. The van der Waals surface area contributed by atoms with Crippen molar-refractivity contribution in [1.29, 1.82) is 0 Å². The normalized spacial score (nSPS) is 24.3. The third-order valence-electron chi connectivity index (χ3n) is 4.30. The first kappa shape index (κ1) is 19.6. The number of nitrogen functional groups attached to an aromatic ring is 1. The van der Waals surface area contributed by atoms with Crippen molar-refractivity contribution in [2.75, 3.05) is 17.7 Å². The van der Waals surface area contributed by atoms with Crippen molar-refractivity contribution in [3.63, 3.8) is 0 Å². The number of rotatable bonds is 3. The van der Waals surface area contributed by atoms with Crippen LogP contribution in [0.1, 0.15) is 17.5 Å². The van der Waals surface area contributed by atoms with Gasteiger partial charge in [-0.3, -0.25) is 0 Å². The van der Waals surface area contributed by atoms with Crippen molar-refractivity contribution in [1.82, 2.24) is 15.0 Å². The molecule has 1 fully saturated rings. The van der Waals surface area contributed by atoms with Crippen LogP contribution >= 0.6 is 23.2 Å². The molecule has 2 aromatic rings. The molecule has 4 unspecified atom stereocenters. The van der Waals surface area contributed by atoms with Gasteiger partial charge in [-0.15, -0.1) is 0 Å². The van der Waals surface area contributed by atoms with Gasteiger partial charge in [0.2, 0.25) is 5.95 Å². The molecule has 27 heavy (non-hydrogen) atoms. The Kier molecular flexibility index (Phi) is 5.99. The van der Waals surface area contributed by atoms with E-state index in [0.29, 0.717) is 17.1 Å². The number of hydrogen-bond donors (Lipinski definition) is 5. The van der Waals surface area contributed by atoms with Gasteiger partial charge in [-0.05, 0) is 18.6 Å². The van der Waals surface area contributed by atoms with Crippen LogP contribution in [0.4, 0.5) is 11.8 Å². The average Bonchev–Trinajstić information content (AvgIpc) is 2.90. The predicted octanol–water partition coefficient (Wildman–Crippen LogP) is 0.675. The van der Waals surface area contributed by atoms with Crippen molar-refractivity contribution < 1.29 is 15.3 Å². The van der Waals surface area contributed by atoms with Gasteiger partial charge in [0.15, 0.2) is 5.15 Å². The molecule has 0 saturated heterocycles. The van der Waals surface area contributed by atoms with E-state index in [1.165, 1.54) is 6.20 Å². The van der Waals surface area contributed by atoms with E-state index in [1.807, 2.05) is 0 Å². The first-order chi connectivity index (χ1) is 12.9. The summed E-state index contributed by atoms with van der Waals surface area (Å²) in [6.07, 6.45) is -0.276. The quantitative estimate of drug-likeness (QED) is 0.283. The minimum atomic E-state index is -1.08. The third kappa shape index (κ3) is 4.40. The summed E-state index contributed by atoms with van der Waals surface area (Å²) in [6, 6.07) is 2.75. The summed E-state index contributed by atoms with van der Waals surface area (Å²) in [5.41, 5.74) is 6.56. The van der Waals surface area contributed by atoms with Crippen molar-refractivity contribution in [3.8, 4) is 11.8 Å². The molecule has 2 aromatic heterocycles. The lowest BCUT2D eigenvalue weighted by atomic mass is 10.1. The second-order valence-electron chi connectivity index (χ2n) is 6.13. The SMILES string of the molecule is Nc1nc(Cl)c(C#Cc2ccc(Cl)nc2)c(NC2CC(CO)C(O)C2O)n1. The highest BCUT2D eigenvalue weighted by atomic mass is 35.5. The van der Waals surface area contributed by atoms with Gasteiger partial charge in [0.05, 0.1) is 12.1 Å². The molecule has 2 heterocycles. The standard InChI is InChI=1S/C17H17Cl2N5O3/c18-12-4-2-8(6-21-12)1-3-10-15(19)23-17(20)24-16(10)22-11-5-9(7-25)13(26)14(11)27/h2,4,6,9,11,13-14,25-27H,5,7H2,(H3,20,22,23,24). The lowest BCUT2D eigenvalue weighted by Crippen LogP contribution is -2.35. The zero-order chi connectivity index (χ0) is 19.6. The molecule has 1 saturated carbocycles. The van der Waals surface area contributed by atoms with E-state index in [9.17, 15) is 15.3 Å². The van der Waals surface area contributed by atoms with Crippen molar-refractivity contribution in [2.24, 2.45) is 5.92 Å². The van der Waals surface area contributed by atoms with Crippen LogP contribution in [0, 0.1) is 17.8 Å². The third-order valence-corrected chi connectivity index (χ3v) is 4.80. The largest absolute Gasteiger partial charge is 0.396 e. The number of aliphatic hydroxyl groups excluding tert-OH is 3. The van der Waals surface area contributed by atoms with E-state index in [1.54, 1.807) is 12.1 Å². The molecule has 6 N–H and O–H groups in total. The van der Waals surface area contributed by atoms with E-state index in [2.05, 4.69) is 32.1 Å². The summed E-state index contributed by atoms with van der Waals surface area (Å²) in [4.78, 5) is 12.0. The van der Waals surface area contributed by atoms with Gasteiger partial charge in [-0.2, -0.15) is 9.97 Å². The van der Waals surface area contributed by atoms with E-state index in [4.69, 9.17) is 28.9 Å². The Morgan fingerprint density at radius 3 is 2.59 bits per heavy atom. The highest BCUT2D eigenvalue weighted by Crippen LogP contribution is 2.30. The number of nitrogens with zero attached hydrogens (tertiary/aromatic N) is 3. The maximum absolute atomic E-state index is 10.2. The Balaban J connectivity index is 1.91. The number of halogens is 2. The number of pyridine rings is 1. The summed E-state index contributed by atoms with van der Waals surface area (Å²) < 4.78 is 0. The topological polar surface area (TPSA) is 137 Å². The van der Waals surface area contributed by atoms with Crippen molar-refractivity contribution in [2.45, 2.75) is 24.7 Å². The maximum atomic E-state index is 10.2. The minimum Gasteiger partial charge on any atom is -0.396 e. The molecule has 0 aliphatic heterocycles. The zero-order valence-electron chi connectivity index (χ0n) is 14.0. The van der Waals surface area contributed by atoms with Crippen LogP contribution in [0.5, 0.6) is 0 Å². The van der Waals surface area contributed by atoms with Crippen LogP contribution in [-0.4, -0.2) is 55.1 Å². The molecule has 0 radical (unpaired) electrons. The van der Waals surface area contributed by atoms with Gasteiger partial charge < -0.3 is 26.4 Å². The summed E-state index contributed by atoms with van der Waals surface area (Å²) in [6.45, 7) is -0.237. The van der Waals surface area contributed by atoms with Crippen molar-refractivity contribution in [3.05, 3.63) is 39.8 Å². The Bertz CT molecular complexity index is 885. The zero-order valence-corrected chi connectivity index (χ0v) is 15.5. The van der Waals surface area contributed by atoms with E-state index >= 15 is 0 Å². The molecule has 0 amide bonds. The molecule has 0 aromatic carbocycles. The highest BCUT2D eigenvalue weighted by molar-refractivity contribution is 6.31. The summed E-state index contributed by atoms with van der Waals surface area (Å²) >= 11 is 11.9. The van der Waals surface area contributed by atoms with E-state index in [0.717, 1.165) is 0 Å². The molecule has 1 aliphatic carbocycles. The molecule has 10 heteroatoms. The molecule has 0 bridgehead atoms. The number of aromatic nitrogens is 3. The number of anilines is 2. The lowest BCUT2D eigenvalue weighted by Gasteiger charge is -2.19. The molecule has 4 atom stereocenters. The minimum absolute atomic E-state index is 0.0474. The molecule has 1 aliphatic rings. The van der Waals surface area contributed by atoms with Crippen LogP contribution in [-0.2, 0) is 0 Å². The van der Waals surface area contributed by atoms with Crippen LogP contribution in [0.3, 0.4) is 0 Å². The highest BCUT2D eigenvalue weighted by Gasteiger charge is 2.41. The van der Waals surface area contributed by atoms with E-state index in [-0.39, 0.29) is 29.1 Å². The monoisotopic (exact) mass is 409 g/mol. The average molecular weight is 410 g/mol. The van der Waals surface area contributed by atoms with Gasteiger partial charge in [-0.1, -0.05) is 35.0 Å². The van der Waals surface area contributed by atoms with E-state index < -0.39 is 24.2 Å². The van der Waals surface area contributed by atoms with Crippen molar-refractivity contribution >= 4 is 35.0 Å². The fourth-order valence-electron chi connectivity index (χ4n) is 2.87. The fourth-order valence-corrected chi connectivity index (χ4v) is 3.21. The molecular formula is C17H17Cl2N5O3. The summed E-state index contributed by atoms with van der Waals surface area (Å²) in [5.74, 6) is 5.48. The maximum Gasteiger partial charge on any atom is 0.223 e. The second kappa shape index (κ2) is 8.25. The number of nitrogens with two attached hydrogens (primary N) is 1. The molecule has 8 nitrogen and oxygen atoms in total. The Labute approximate surface area is 165 Å². The van der Waals surface area contributed by atoms with Gasteiger partial charge in [0.1, 0.15) is 22.6 Å². The molecule has 0 spiro atoms. The second-order valence-corrected chi connectivity index (χ2v) is 6.87. The first-order valence-corrected chi connectivity index (χ1v) is 8.84. The van der Waals surface area contributed by atoms with Gasteiger partial charge in [-0.25, -0.2) is 4.98 Å². The Morgan fingerprint density at radius 1 is 1.19 bits per heavy atom. The van der Waals surface area contributed by atoms with Crippen LogP contribution < -0.4 is 11.1 Å². The van der Waals surface area contributed by atoms with Gasteiger partial charge in [0.25, 0.3) is 0 Å². The summed E-state index contributed by atoms with van der Waals surface area (Å²) in [5, 5.41) is 32.9. The fraction of sp³-hybridized carbons (Fsp3) is 0.353.